The molecule has 2 rings (SSSR count). The number of fused-ring (bicyclic) bond motifs is 1. The molecule has 0 radical (unpaired) electrons. The maximum atomic E-state index is 4.93. The standard InChI is InChI=1S/C13H18Si.2ClH.Zr/c1-14(2,3)10-12-9-8-11-6-4-5-7-13(11)12;;;/h4-7,9H,8,10H2,1-3H3;2*1H;/q;;;+2/p-2. The molecular weight excluding hydrogens is 346 g/mol. The topological polar surface area (TPSA) is 0 Å². The molecule has 0 saturated heterocycles. The molecule has 1 aromatic carbocycles. The van der Waals surface area contributed by atoms with E-state index in [0.29, 0.717) is 0 Å². The number of benzene rings is 1. The molecule has 4 heteroatoms. The van der Waals surface area contributed by atoms with Gasteiger partial charge in [0.05, 0.1) is 0 Å². The molecule has 0 spiro atoms. The van der Waals surface area contributed by atoms with E-state index in [2.05, 4.69) is 50.0 Å². The molecule has 0 N–H and O–H groups in total. The Balaban J connectivity index is 0.000000437. The minimum absolute atomic E-state index is 0.826. The van der Waals surface area contributed by atoms with Gasteiger partial charge in [0.1, 0.15) is 0 Å². The summed E-state index contributed by atoms with van der Waals surface area (Å²) in [4.78, 5) is 0. The van der Waals surface area contributed by atoms with Crippen molar-refractivity contribution in [3.05, 3.63) is 41.5 Å². The number of rotatable bonds is 2. The van der Waals surface area contributed by atoms with E-state index in [1.807, 2.05) is 0 Å². The van der Waals surface area contributed by atoms with Gasteiger partial charge < -0.3 is 0 Å². The third-order valence-electron chi connectivity index (χ3n) is 2.65. The van der Waals surface area contributed by atoms with Crippen molar-refractivity contribution in [3.8, 4) is 0 Å². The van der Waals surface area contributed by atoms with E-state index in [4.69, 9.17) is 17.0 Å². The van der Waals surface area contributed by atoms with E-state index in [9.17, 15) is 0 Å². The van der Waals surface area contributed by atoms with Crippen LogP contribution in [0.5, 0.6) is 0 Å². The third-order valence-corrected chi connectivity index (χ3v) is 4.09. The first-order valence-corrected chi connectivity index (χ1v) is 15.8. The summed E-state index contributed by atoms with van der Waals surface area (Å²) >= 11 is -0.826. The molecule has 1 aromatic rings. The van der Waals surface area contributed by atoms with Gasteiger partial charge in [-0.25, -0.2) is 0 Å². The second-order valence-corrected chi connectivity index (χ2v) is 14.6. The molecule has 0 heterocycles. The van der Waals surface area contributed by atoms with E-state index in [1.165, 1.54) is 17.2 Å². The third kappa shape index (κ3) is 5.42. The van der Waals surface area contributed by atoms with Crippen molar-refractivity contribution in [1.29, 1.82) is 0 Å². The van der Waals surface area contributed by atoms with Crippen LogP contribution in [0.25, 0.3) is 5.57 Å². The van der Waals surface area contributed by atoms with Gasteiger partial charge in [0.2, 0.25) is 0 Å². The fourth-order valence-corrected chi connectivity index (χ4v) is 3.57. The Morgan fingerprint density at radius 3 is 2.35 bits per heavy atom. The van der Waals surface area contributed by atoms with Crippen molar-refractivity contribution in [1.82, 2.24) is 0 Å². The first kappa shape index (κ1) is 15.7. The number of allylic oxidation sites excluding steroid dienone is 2. The van der Waals surface area contributed by atoms with Crippen LogP contribution in [0, 0.1) is 0 Å². The quantitative estimate of drug-likeness (QED) is 0.621. The average molecular weight is 365 g/mol. The second kappa shape index (κ2) is 7.28. The zero-order valence-electron chi connectivity index (χ0n) is 10.6. The first-order chi connectivity index (χ1) is 7.98. The van der Waals surface area contributed by atoms with Crippen LogP contribution in [0.3, 0.4) is 0 Å². The van der Waals surface area contributed by atoms with E-state index in [0.717, 1.165) is 6.42 Å². The summed E-state index contributed by atoms with van der Waals surface area (Å²) < 4.78 is 0. The molecular formula is C13H18Cl2SiZr. The van der Waals surface area contributed by atoms with E-state index in [1.54, 1.807) is 5.57 Å². The summed E-state index contributed by atoms with van der Waals surface area (Å²) in [5, 5.41) is 0. The molecule has 17 heavy (non-hydrogen) atoms. The predicted molar refractivity (Wildman–Crippen MR) is 78.0 cm³/mol. The Labute approximate surface area is 124 Å². The van der Waals surface area contributed by atoms with Crippen LogP contribution in [0.15, 0.2) is 30.3 Å². The van der Waals surface area contributed by atoms with Crippen LogP contribution < -0.4 is 0 Å². The summed E-state index contributed by atoms with van der Waals surface area (Å²) in [6, 6.07) is 10.1. The molecule has 92 valence electrons. The van der Waals surface area contributed by atoms with Gasteiger partial charge >= 0.3 is 37.9 Å². The van der Waals surface area contributed by atoms with Crippen molar-refractivity contribution < 1.29 is 20.8 Å². The fourth-order valence-electron chi connectivity index (χ4n) is 2.09. The maximum absolute atomic E-state index is 4.93. The van der Waals surface area contributed by atoms with Gasteiger partial charge in [0, 0.05) is 8.07 Å². The van der Waals surface area contributed by atoms with Crippen LogP contribution in [0.1, 0.15) is 11.1 Å². The Hall–Kier alpha value is 0.640. The Kier molecular flexibility index (Phi) is 6.72. The van der Waals surface area contributed by atoms with Gasteiger partial charge in [-0.1, -0.05) is 50.0 Å². The molecule has 0 saturated carbocycles. The summed E-state index contributed by atoms with van der Waals surface area (Å²) in [6.07, 6.45) is 3.57. The van der Waals surface area contributed by atoms with Crippen molar-refractivity contribution in [2.45, 2.75) is 32.1 Å². The Morgan fingerprint density at radius 2 is 1.76 bits per heavy atom. The normalized spacial score (nSPS) is 13.4. The number of hydrogen-bond donors (Lipinski definition) is 0. The second-order valence-electron chi connectivity index (χ2n) is 5.40. The number of halogens is 2. The first-order valence-electron chi connectivity index (χ1n) is 5.71. The van der Waals surface area contributed by atoms with E-state index in [-0.39, 0.29) is 0 Å². The van der Waals surface area contributed by atoms with Gasteiger partial charge in [-0.3, -0.25) is 0 Å². The summed E-state index contributed by atoms with van der Waals surface area (Å²) in [5.74, 6) is 0. The fraction of sp³-hybridized carbons (Fsp3) is 0.385. The molecule has 0 amide bonds. The predicted octanol–water partition coefficient (Wildman–Crippen LogP) is 5.34. The number of hydrogen-bond acceptors (Lipinski definition) is 0. The molecule has 0 bridgehead atoms. The van der Waals surface area contributed by atoms with Gasteiger partial charge in [-0.2, -0.15) is 0 Å². The van der Waals surface area contributed by atoms with E-state index >= 15 is 0 Å². The molecule has 0 fully saturated rings. The van der Waals surface area contributed by atoms with Gasteiger partial charge in [-0.15, -0.1) is 0 Å². The minimum atomic E-state index is -0.959. The summed E-state index contributed by atoms with van der Waals surface area (Å²) in [6.45, 7) is 7.32. The molecule has 0 atom stereocenters. The van der Waals surface area contributed by atoms with Crippen LogP contribution in [0.4, 0.5) is 0 Å². The van der Waals surface area contributed by atoms with Crippen molar-refractivity contribution in [2.24, 2.45) is 0 Å². The Bertz CT molecular complexity index is 397. The summed E-state index contributed by atoms with van der Waals surface area (Å²) in [5.41, 5.74) is 4.62. The zero-order chi connectivity index (χ0) is 12.9. The van der Waals surface area contributed by atoms with Crippen LogP contribution >= 0.6 is 17.0 Å². The molecule has 0 nitrogen and oxygen atoms in total. The average Bonchev–Trinajstić information content (AvgIpc) is 2.61. The molecule has 0 unspecified atom stereocenters. The van der Waals surface area contributed by atoms with Crippen molar-refractivity contribution >= 4 is 30.7 Å². The van der Waals surface area contributed by atoms with Crippen LogP contribution in [-0.4, -0.2) is 8.07 Å². The van der Waals surface area contributed by atoms with Crippen LogP contribution in [-0.2, 0) is 27.3 Å². The van der Waals surface area contributed by atoms with Crippen molar-refractivity contribution in [3.63, 3.8) is 0 Å². The monoisotopic (exact) mass is 362 g/mol. The molecule has 0 aliphatic heterocycles. The van der Waals surface area contributed by atoms with E-state index < -0.39 is 28.9 Å². The van der Waals surface area contributed by atoms with Gasteiger partial charge in [0.15, 0.2) is 0 Å². The van der Waals surface area contributed by atoms with Gasteiger partial charge in [0.25, 0.3) is 0 Å². The van der Waals surface area contributed by atoms with Gasteiger partial charge in [-0.05, 0) is 29.2 Å². The Morgan fingerprint density at radius 1 is 1.18 bits per heavy atom. The molecule has 1 aliphatic carbocycles. The molecule has 0 aromatic heterocycles. The van der Waals surface area contributed by atoms with Crippen LogP contribution in [0.2, 0.25) is 25.7 Å². The van der Waals surface area contributed by atoms with Crippen molar-refractivity contribution in [2.75, 3.05) is 0 Å². The zero-order valence-corrected chi connectivity index (χ0v) is 15.5. The SMILES string of the molecule is C[Si](C)(C)CC1=CCc2ccccc21.[Cl][Zr][Cl]. The summed E-state index contributed by atoms with van der Waals surface area (Å²) in [7, 11) is 8.91. The molecule has 1 aliphatic rings.